The lowest BCUT2D eigenvalue weighted by Crippen LogP contribution is -2.51. The molecule has 4 rings (SSSR count). The Kier molecular flexibility index (Phi) is 7.82. The van der Waals surface area contributed by atoms with Crippen LogP contribution in [0.4, 0.5) is 18.9 Å². The van der Waals surface area contributed by atoms with Crippen molar-refractivity contribution in [1.82, 2.24) is 4.31 Å². The van der Waals surface area contributed by atoms with Crippen LogP contribution in [0.2, 0.25) is 10.0 Å². The number of hydrogen-bond acceptors (Lipinski definition) is 5. The number of thiocarbonyl (C=S) groups is 1. The summed E-state index contributed by atoms with van der Waals surface area (Å²) < 4.78 is 68.3. The van der Waals surface area contributed by atoms with Crippen LogP contribution in [0.5, 0.6) is 0 Å². The Bertz CT molecular complexity index is 1370. The van der Waals surface area contributed by atoms with E-state index in [4.69, 9.17) is 35.4 Å². The van der Waals surface area contributed by atoms with Crippen molar-refractivity contribution < 1.29 is 26.7 Å². The number of sulfonamides is 1. The van der Waals surface area contributed by atoms with Crippen LogP contribution in [-0.2, 0) is 15.6 Å². The van der Waals surface area contributed by atoms with Crippen molar-refractivity contribution in [1.29, 1.82) is 0 Å². The molecular formula is C25H23Cl2F3N2O3S2. The number of allylic oxidation sites excluding steroid dienone is 4. The van der Waals surface area contributed by atoms with Crippen molar-refractivity contribution in [2.24, 2.45) is 0 Å². The van der Waals surface area contributed by atoms with Crippen LogP contribution in [0.25, 0.3) is 0 Å². The van der Waals surface area contributed by atoms with E-state index in [1.807, 2.05) is 4.90 Å². The van der Waals surface area contributed by atoms with Crippen molar-refractivity contribution in [3.05, 3.63) is 86.8 Å². The first kappa shape index (κ1) is 28.1. The van der Waals surface area contributed by atoms with E-state index >= 15 is 0 Å². The molecule has 1 fully saturated rings. The van der Waals surface area contributed by atoms with E-state index in [2.05, 4.69) is 0 Å². The monoisotopic (exact) mass is 590 g/mol. The zero-order chi connectivity index (χ0) is 27.2. The van der Waals surface area contributed by atoms with Gasteiger partial charge in [-0.05, 0) is 54.5 Å². The molecule has 12 heteroatoms. The molecule has 0 spiro atoms. The second kappa shape index (κ2) is 10.3. The Labute approximate surface area is 228 Å². The first-order chi connectivity index (χ1) is 17.2. The van der Waals surface area contributed by atoms with Gasteiger partial charge in [0.1, 0.15) is 0 Å². The molecule has 1 heterocycles. The lowest BCUT2D eigenvalue weighted by atomic mass is 9.94. The van der Waals surface area contributed by atoms with Gasteiger partial charge in [-0.25, -0.2) is 8.42 Å². The smallest absolute Gasteiger partial charge is 0.376 e. The molecule has 37 heavy (non-hydrogen) atoms. The molecule has 198 valence electrons. The number of benzene rings is 2. The number of hydrogen-bond donors (Lipinski definition) is 1. The molecule has 0 radical (unpaired) electrons. The maximum Gasteiger partial charge on any atom is 0.421 e. The predicted molar refractivity (Wildman–Crippen MR) is 144 cm³/mol. The third-order valence-electron chi connectivity index (χ3n) is 6.55. The molecule has 2 atom stereocenters. The summed E-state index contributed by atoms with van der Waals surface area (Å²) in [5.74, 6) is 0. The van der Waals surface area contributed by atoms with Crippen molar-refractivity contribution in [3.63, 3.8) is 0 Å². The minimum atomic E-state index is -4.85. The summed E-state index contributed by atoms with van der Waals surface area (Å²) in [6.45, 7) is 1.04. The third kappa shape index (κ3) is 5.46. The first-order valence-corrected chi connectivity index (χ1v) is 13.9. The number of nitrogens with zero attached hydrogens (tertiary/aromatic N) is 2. The Balaban J connectivity index is 1.72. The van der Waals surface area contributed by atoms with Gasteiger partial charge in [-0.1, -0.05) is 59.7 Å². The highest BCUT2D eigenvalue weighted by molar-refractivity contribution is 7.96. The van der Waals surface area contributed by atoms with Gasteiger partial charge in [0.2, 0.25) is 10.0 Å². The van der Waals surface area contributed by atoms with Gasteiger partial charge in [0.05, 0.1) is 10.9 Å². The molecular weight excluding hydrogens is 568 g/mol. The molecule has 0 saturated carbocycles. The quantitative estimate of drug-likeness (QED) is 0.422. The van der Waals surface area contributed by atoms with Crippen LogP contribution >= 0.6 is 35.4 Å². The number of anilines is 1. The fourth-order valence-electron chi connectivity index (χ4n) is 4.36. The highest BCUT2D eigenvalue weighted by Crippen LogP contribution is 2.41. The molecule has 0 amide bonds. The summed E-state index contributed by atoms with van der Waals surface area (Å²) in [6, 6.07) is 9.62. The zero-order valence-electron chi connectivity index (χ0n) is 19.5. The second-order valence-electron chi connectivity index (χ2n) is 8.94. The van der Waals surface area contributed by atoms with Crippen molar-refractivity contribution in [2.45, 2.75) is 31.2 Å². The highest BCUT2D eigenvalue weighted by Gasteiger charge is 2.51. The normalized spacial score (nSPS) is 21.1. The minimum absolute atomic E-state index is 0.00802. The minimum Gasteiger partial charge on any atom is -0.376 e. The molecule has 0 aromatic heterocycles. The average Bonchev–Trinajstić information content (AvgIpc) is 2.84. The summed E-state index contributed by atoms with van der Waals surface area (Å²) in [5.41, 5.74) is -2.22. The number of aliphatic hydroxyl groups is 1. The van der Waals surface area contributed by atoms with Crippen molar-refractivity contribution in [3.8, 4) is 0 Å². The topological polar surface area (TPSA) is 60.9 Å². The van der Waals surface area contributed by atoms with Gasteiger partial charge in [-0.2, -0.15) is 17.5 Å². The average molecular weight is 592 g/mol. The fourth-order valence-corrected chi connectivity index (χ4v) is 6.82. The second-order valence-corrected chi connectivity index (χ2v) is 12.2. The SMILES string of the molecule is C[C@@](O)(c1ccc(N2CCN(S(=O)(=O)C3=CC=CCC3=S)C[C@H]2c2cc(Cl)ccc2Cl)cc1)C(F)(F)F. The van der Waals surface area contributed by atoms with Gasteiger partial charge in [0.15, 0.2) is 5.60 Å². The van der Waals surface area contributed by atoms with Crippen LogP contribution < -0.4 is 4.90 Å². The van der Waals surface area contributed by atoms with E-state index in [0.717, 1.165) is 0 Å². The van der Waals surface area contributed by atoms with E-state index in [1.54, 1.807) is 30.4 Å². The molecule has 1 saturated heterocycles. The Morgan fingerprint density at radius 3 is 2.38 bits per heavy atom. The van der Waals surface area contributed by atoms with E-state index in [1.165, 1.54) is 34.6 Å². The van der Waals surface area contributed by atoms with Crippen LogP contribution in [0.15, 0.2) is 65.6 Å². The number of piperazine rings is 1. The number of rotatable bonds is 5. The summed E-state index contributed by atoms with van der Waals surface area (Å²) in [4.78, 5) is 2.27. The molecule has 2 aromatic carbocycles. The van der Waals surface area contributed by atoms with Crippen LogP contribution in [-0.4, -0.2) is 48.5 Å². The third-order valence-corrected chi connectivity index (χ3v) is 9.60. The molecule has 0 unspecified atom stereocenters. The highest BCUT2D eigenvalue weighted by atomic mass is 35.5. The Morgan fingerprint density at radius 1 is 1.08 bits per heavy atom. The van der Waals surface area contributed by atoms with Gasteiger partial charge in [0.25, 0.3) is 0 Å². The summed E-state index contributed by atoms with van der Waals surface area (Å²) in [5, 5.41) is 10.8. The van der Waals surface area contributed by atoms with Gasteiger partial charge >= 0.3 is 6.18 Å². The van der Waals surface area contributed by atoms with Crippen LogP contribution in [0.3, 0.4) is 0 Å². The largest absolute Gasteiger partial charge is 0.421 e. The molecule has 2 aromatic rings. The van der Waals surface area contributed by atoms with E-state index < -0.39 is 27.8 Å². The van der Waals surface area contributed by atoms with Crippen molar-refractivity contribution >= 4 is 56.0 Å². The molecule has 1 aliphatic heterocycles. The predicted octanol–water partition coefficient (Wildman–Crippen LogP) is 6.17. The number of halogens is 5. The molecule has 5 nitrogen and oxygen atoms in total. The Morgan fingerprint density at radius 2 is 1.76 bits per heavy atom. The van der Waals surface area contributed by atoms with Crippen LogP contribution in [0, 0.1) is 0 Å². The summed E-state index contributed by atoms with van der Waals surface area (Å²) in [7, 11) is -3.91. The van der Waals surface area contributed by atoms with Crippen LogP contribution in [0.1, 0.15) is 30.5 Å². The lowest BCUT2D eigenvalue weighted by Gasteiger charge is -2.43. The molecule has 1 N–H and O–H groups in total. The van der Waals surface area contributed by atoms with E-state index in [0.29, 0.717) is 39.5 Å². The Hall–Kier alpha value is -1.95. The lowest BCUT2D eigenvalue weighted by molar-refractivity contribution is -0.258. The zero-order valence-corrected chi connectivity index (χ0v) is 22.7. The van der Waals surface area contributed by atoms with E-state index in [9.17, 15) is 26.7 Å². The van der Waals surface area contributed by atoms with Crippen molar-refractivity contribution in [2.75, 3.05) is 24.5 Å². The summed E-state index contributed by atoms with van der Waals surface area (Å²) in [6.07, 6.45) is 0.433. The summed E-state index contributed by atoms with van der Waals surface area (Å²) >= 11 is 18.0. The van der Waals surface area contributed by atoms with Gasteiger partial charge in [-0.15, -0.1) is 0 Å². The number of alkyl halides is 3. The first-order valence-electron chi connectivity index (χ1n) is 11.2. The fraction of sp³-hybridized carbons (Fsp3) is 0.320. The van der Waals surface area contributed by atoms with Gasteiger partial charge < -0.3 is 10.0 Å². The maximum absolute atomic E-state index is 13.5. The maximum atomic E-state index is 13.5. The van der Waals surface area contributed by atoms with Gasteiger partial charge in [0, 0.05) is 46.7 Å². The van der Waals surface area contributed by atoms with Gasteiger partial charge in [-0.3, -0.25) is 0 Å². The molecule has 0 bridgehead atoms. The standard InChI is InChI=1S/C25H23Cl2F3N2O3S2/c1-24(33,25(28,29)30)16-6-9-18(10-7-16)32-13-12-31(37(34,35)23-5-3-2-4-22(23)36)15-21(32)19-14-17(26)8-11-20(19)27/h2-3,5-11,14,21,33H,4,12-13,15H2,1H3/t21-,24+/m0/s1. The van der Waals surface area contributed by atoms with E-state index in [-0.39, 0.29) is 30.1 Å². The molecule has 1 aliphatic carbocycles. The molecule has 2 aliphatic rings.